The van der Waals surface area contributed by atoms with Gasteiger partial charge in [0.2, 0.25) is 0 Å². The second-order valence-corrected chi connectivity index (χ2v) is 15.5. The molecule has 0 N–H and O–H groups in total. The third-order valence-electron chi connectivity index (χ3n) is 6.48. The molecule has 0 radical (unpaired) electrons. The van der Waals surface area contributed by atoms with Crippen molar-refractivity contribution in [1.82, 2.24) is 0 Å². The van der Waals surface area contributed by atoms with Crippen LogP contribution in [-0.4, -0.2) is 18.8 Å². The minimum atomic E-state index is -2.48. The van der Waals surface area contributed by atoms with Gasteiger partial charge in [0.25, 0.3) is 8.32 Å². The van der Waals surface area contributed by atoms with E-state index in [1.54, 1.807) is 0 Å². The fourth-order valence-electron chi connectivity index (χ4n) is 4.70. The Morgan fingerprint density at radius 2 is 1.36 bits per heavy atom. The van der Waals surface area contributed by atoms with Gasteiger partial charge < -0.3 is 4.43 Å². The topological polar surface area (TPSA) is 9.23 Å². The Balaban J connectivity index is 2.19. The third kappa shape index (κ3) is 8.67. The van der Waals surface area contributed by atoms with Gasteiger partial charge in [-0.25, -0.2) is 0 Å². The molecule has 0 aliphatic carbocycles. The molecule has 1 nitrogen and oxygen atoms in total. The average Bonchev–Trinajstić information content (AvgIpc) is 2.81. The van der Waals surface area contributed by atoms with Crippen molar-refractivity contribution in [3.05, 3.63) is 72.8 Å². The molecule has 0 saturated heterocycles. The molecule has 2 aromatic carbocycles. The number of unbranched alkanes of at least 4 members (excludes halogenated alkanes) is 6. The molecule has 3 heteroatoms. The van der Waals surface area contributed by atoms with Crippen LogP contribution in [0.4, 0.5) is 0 Å². The van der Waals surface area contributed by atoms with Gasteiger partial charge in [0.15, 0.2) is 0 Å². The van der Waals surface area contributed by atoms with Crippen LogP contribution < -0.4 is 10.4 Å². The standard InChI is InChI=1S/C30H45IOSi/c1-5-6-7-8-9-10-11-12-15-20-27(25-26-31)32-33(30(2,3)4,28-21-16-13-17-22-28)29-23-18-14-19-24-29/h12-19,21-24,27H,5-11,20,25-26H2,1-4H3/b15-12+. The lowest BCUT2D eigenvalue weighted by molar-refractivity contribution is 0.188. The molecule has 2 aromatic rings. The van der Waals surface area contributed by atoms with E-state index < -0.39 is 8.32 Å². The number of benzene rings is 2. The summed E-state index contributed by atoms with van der Waals surface area (Å²) in [7, 11) is -2.48. The highest BCUT2D eigenvalue weighted by Crippen LogP contribution is 2.38. The van der Waals surface area contributed by atoms with Gasteiger partial charge in [-0.05, 0) is 41.1 Å². The van der Waals surface area contributed by atoms with Crippen molar-refractivity contribution in [1.29, 1.82) is 0 Å². The van der Waals surface area contributed by atoms with E-state index in [4.69, 9.17) is 4.43 Å². The molecule has 0 amide bonds. The third-order valence-corrected chi connectivity index (χ3v) is 12.2. The maximum atomic E-state index is 7.37. The van der Waals surface area contributed by atoms with Crippen molar-refractivity contribution in [3.8, 4) is 0 Å². The van der Waals surface area contributed by atoms with E-state index in [2.05, 4.69) is 123 Å². The molecule has 1 atom stereocenters. The molecule has 0 aliphatic heterocycles. The second kappa shape index (κ2) is 15.2. The first-order valence-corrected chi connectivity index (χ1v) is 16.4. The van der Waals surface area contributed by atoms with Gasteiger partial charge in [-0.2, -0.15) is 0 Å². The van der Waals surface area contributed by atoms with Crippen molar-refractivity contribution in [2.24, 2.45) is 0 Å². The lowest BCUT2D eigenvalue weighted by atomic mass is 10.1. The van der Waals surface area contributed by atoms with Crippen molar-refractivity contribution < 1.29 is 4.43 Å². The second-order valence-electron chi connectivity index (χ2n) is 10.1. The molecule has 0 aromatic heterocycles. The summed E-state index contributed by atoms with van der Waals surface area (Å²) in [4.78, 5) is 0. The zero-order valence-corrected chi connectivity index (χ0v) is 24.5. The lowest BCUT2D eigenvalue weighted by Crippen LogP contribution is -2.67. The molecule has 182 valence electrons. The van der Waals surface area contributed by atoms with Crippen LogP contribution >= 0.6 is 22.6 Å². The van der Waals surface area contributed by atoms with Crippen LogP contribution in [0.25, 0.3) is 0 Å². The van der Waals surface area contributed by atoms with Gasteiger partial charge in [0.05, 0.1) is 0 Å². The summed E-state index contributed by atoms with van der Waals surface area (Å²) >= 11 is 2.51. The minimum Gasteiger partial charge on any atom is -0.404 e. The Kier molecular flexibility index (Phi) is 13.0. The first-order chi connectivity index (χ1) is 16.0. The summed E-state index contributed by atoms with van der Waals surface area (Å²) in [5.74, 6) is 0. The van der Waals surface area contributed by atoms with Gasteiger partial charge >= 0.3 is 0 Å². The Labute approximate surface area is 218 Å². The summed E-state index contributed by atoms with van der Waals surface area (Å²) in [6, 6.07) is 22.1. The fourth-order valence-corrected chi connectivity index (χ4v) is 10.1. The molecule has 0 bridgehead atoms. The predicted octanol–water partition coefficient (Wildman–Crippen LogP) is 8.45. The van der Waals surface area contributed by atoms with Crippen molar-refractivity contribution in [2.45, 2.75) is 96.6 Å². The van der Waals surface area contributed by atoms with Crippen molar-refractivity contribution in [3.63, 3.8) is 0 Å². The molecular weight excluding hydrogens is 531 g/mol. The number of halogens is 1. The SMILES string of the molecule is CCCCCCCC/C=C/CC(CCI)O[Si](c1ccccc1)(c1ccccc1)C(C)(C)C. The smallest absolute Gasteiger partial charge is 0.261 e. The van der Waals surface area contributed by atoms with Crippen LogP contribution in [0.5, 0.6) is 0 Å². The van der Waals surface area contributed by atoms with Crippen LogP contribution in [0.1, 0.15) is 85.5 Å². The number of hydrogen-bond acceptors (Lipinski definition) is 1. The molecule has 0 heterocycles. The first-order valence-electron chi connectivity index (χ1n) is 13.0. The number of alkyl halides is 1. The quantitative estimate of drug-likeness (QED) is 0.0680. The zero-order valence-electron chi connectivity index (χ0n) is 21.4. The zero-order chi connectivity index (χ0) is 24.0. The lowest BCUT2D eigenvalue weighted by Gasteiger charge is -2.45. The summed E-state index contributed by atoms with van der Waals surface area (Å²) in [6.07, 6.45) is 16.5. The maximum absolute atomic E-state index is 7.37. The predicted molar refractivity (Wildman–Crippen MR) is 158 cm³/mol. The highest BCUT2D eigenvalue weighted by Gasteiger charge is 2.51. The van der Waals surface area contributed by atoms with Gasteiger partial charge in [0, 0.05) is 10.5 Å². The van der Waals surface area contributed by atoms with E-state index in [0.29, 0.717) is 0 Å². The van der Waals surface area contributed by atoms with Crippen molar-refractivity contribution >= 4 is 41.3 Å². The van der Waals surface area contributed by atoms with Gasteiger partial charge in [-0.1, -0.05) is 155 Å². The van der Waals surface area contributed by atoms with Gasteiger partial charge in [-0.3, -0.25) is 0 Å². The highest BCUT2D eigenvalue weighted by molar-refractivity contribution is 14.1. The summed E-state index contributed by atoms with van der Waals surface area (Å²) in [5, 5.41) is 2.78. The Bertz CT molecular complexity index is 742. The van der Waals surface area contributed by atoms with Crippen LogP contribution in [0.3, 0.4) is 0 Å². The van der Waals surface area contributed by atoms with E-state index in [1.165, 1.54) is 55.3 Å². The van der Waals surface area contributed by atoms with Crippen LogP contribution in [0.15, 0.2) is 72.8 Å². The van der Waals surface area contributed by atoms with E-state index >= 15 is 0 Å². The Morgan fingerprint density at radius 3 is 1.88 bits per heavy atom. The number of hydrogen-bond donors (Lipinski definition) is 0. The minimum absolute atomic E-state index is 0.0292. The molecule has 0 aliphatic rings. The Hall–Kier alpha value is -0.913. The largest absolute Gasteiger partial charge is 0.404 e. The summed E-state index contributed by atoms with van der Waals surface area (Å²) in [5.41, 5.74) is 0. The molecule has 33 heavy (non-hydrogen) atoms. The fraction of sp³-hybridized carbons (Fsp3) is 0.533. The maximum Gasteiger partial charge on any atom is 0.261 e. The van der Waals surface area contributed by atoms with Crippen LogP contribution in [0.2, 0.25) is 5.04 Å². The molecule has 0 saturated carbocycles. The summed E-state index contributed by atoms with van der Waals surface area (Å²) in [6.45, 7) is 9.39. The van der Waals surface area contributed by atoms with E-state index in [1.807, 2.05) is 0 Å². The average molecular weight is 577 g/mol. The van der Waals surface area contributed by atoms with Gasteiger partial charge in [0.1, 0.15) is 0 Å². The van der Waals surface area contributed by atoms with Gasteiger partial charge in [-0.15, -0.1) is 0 Å². The molecule has 0 fully saturated rings. The number of rotatable bonds is 15. The summed E-state index contributed by atoms with van der Waals surface area (Å²) < 4.78 is 8.49. The van der Waals surface area contributed by atoms with Crippen LogP contribution in [-0.2, 0) is 4.43 Å². The normalized spacial score (nSPS) is 13.5. The monoisotopic (exact) mass is 576 g/mol. The first kappa shape index (κ1) is 28.3. The highest BCUT2D eigenvalue weighted by atomic mass is 127. The molecular formula is C30H45IOSi. The molecule has 2 rings (SSSR count). The number of allylic oxidation sites excluding steroid dienone is 1. The van der Waals surface area contributed by atoms with Crippen LogP contribution in [0, 0.1) is 0 Å². The molecule has 0 spiro atoms. The van der Waals surface area contributed by atoms with E-state index in [0.717, 1.165) is 17.3 Å². The van der Waals surface area contributed by atoms with Crippen molar-refractivity contribution in [2.75, 3.05) is 4.43 Å². The molecule has 1 unspecified atom stereocenters. The Morgan fingerprint density at radius 1 is 0.818 bits per heavy atom. The van der Waals surface area contributed by atoms with E-state index in [9.17, 15) is 0 Å². The van der Waals surface area contributed by atoms with E-state index in [-0.39, 0.29) is 11.1 Å².